The number of hydrogen-bond acceptors (Lipinski definition) is 4. The maximum absolute atomic E-state index is 11.8. The summed E-state index contributed by atoms with van der Waals surface area (Å²) >= 11 is 7.12. The van der Waals surface area contributed by atoms with Gasteiger partial charge in [0.2, 0.25) is 0 Å². The van der Waals surface area contributed by atoms with Crippen molar-refractivity contribution in [3.63, 3.8) is 0 Å². The summed E-state index contributed by atoms with van der Waals surface area (Å²) in [5.74, 6) is 0. The van der Waals surface area contributed by atoms with E-state index in [1.807, 2.05) is 55.6 Å². The zero-order valence-corrected chi connectivity index (χ0v) is 23.8. The van der Waals surface area contributed by atoms with Crippen molar-refractivity contribution in [3.8, 4) is 0 Å². The zero-order chi connectivity index (χ0) is 20.6. The van der Waals surface area contributed by atoms with Crippen LogP contribution in [0.15, 0.2) is 82.8 Å². The van der Waals surface area contributed by atoms with Gasteiger partial charge in [-0.3, -0.25) is 9.79 Å². The summed E-state index contributed by atoms with van der Waals surface area (Å²) in [5, 5.41) is 0.711. The van der Waals surface area contributed by atoms with Crippen LogP contribution >= 0.6 is 31.2 Å². The Morgan fingerprint density at radius 1 is 0.935 bits per heavy atom. The van der Waals surface area contributed by atoms with Crippen molar-refractivity contribution < 1.29 is 80.8 Å². The molecule has 2 N–H and O–H groups in total. The number of benzene rings is 3. The van der Waals surface area contributed by atoms with Gasteiger partial charge < -0.3 is 12.3 Å². The van der Waals surface area contributed by atoms with Crippen LogP contribution in [-0.2, 0) is 9.09 Å². The molecule has 3 aromatic carbocycles. The number of anilines is 2. The van der Waals surface area contributed by atoms with E-state index in [2.05, 4.69) is 4.90 Å². The molecule has 3 aromatic rings. The van der Waals surface area contributed by atoms with E-state index in [4.69, 9.17) is 16.1 Å². The van der Waals surface area contributed by atoms with Gasteiger partial charge in [0, 0.05) is 45.0 Å². The minimum Gasteiger partial charge on any atom is -1.00 e. The molecule has 0 saturated heterocycles. The Morgan fingerprint density at radius 2 is 1.42 bits per heavy atom. The molecule has 0 spiro atoms. The molecular weight excluding hydrogens is 475 g/mol. The number of rotatable bonds is 4. The summed E-state index contributed by atoms with van der Waals surface area (Å²) < 4.78 is 17.0. The third-order valence-corrected chi connectivity index (χ3v) is 6.28. The molecule has 0 saturated carbocycles. The van der Waals surface area contributed by atoms with Gasteiger partial charge in [-0.2, -0.15) is 0 Å². The van der Waals surface area contributed by atoms with E-state index in [9.17, 15) is 14.4 Å². The number of nitrogens with zero attached hydrogens (tertiary/aromatic N) is 1. The summed E-state index contributed by atoms with van der Waals surface area (Å²) in [7, 11) is -2.83. The summed E-state index contributed by atoms with van der Waals surface area (Å²) in [6.07, 6.45) is 0. The first-order chi connectivity index (χ1) is 13.8. The smallest absolute Gasteiger partial charge is 1.00 e. The number of fused-ring (bicyclic) bond motifs is 2. The quantitative estimate of drug-likeness (QED) is 0.235. The van der Waals surface area contributed by atoms with Crippen molar-refractivity contribution in [1.82, 2.24) is 0 Å². The van der Waals surface area contributed by atoms with Crippen molar-refractivity contribution >= 4 is 48.1 Å². The Labute approximate surface area is 237 Å². The molecule has 0 fully saturated rings. The van der Waals surface area contributed by atoms with Crippen LogP contribution in [0, 0.1) is 0 Å². The molecule has 0 aromatic heterocycles. The Hall–Kier alpha value is -0.210. The average Bonchev–Trinajstić information content (AvgIpc) is 2.69. The Kier molecular flexibility index (Phi) is 9.84. The van der Waals surface area contributed by atoms with Crippen LogP contribution in [0.2, 0.25) is 5.02 Å². The third kappa shape index (κ3) is 6.23. The van der Waals surface area contributed by atoms with Gasteiger partial charge in [0.25, 0.3) is 0 Å². The Morgan fingerprint density at radius 3 is 1.90 bits per heavy atom. The van der Waals surface area contributed by atoms with Crippen LogP contribution < -0.4 is 64.0 Å². The Bertz CT molecular complexity index is 1120. The van der Waals surface area contributed by atoms with Gasteiger partial charge >= 0.3 is 66.9 Å². The predicted molar refractivity (Wildman–Crippen MR) is 120 cm³/mol. The molecule has 0 bridgehead atoms. The molecule has 10 heteroatoms. The van der Waals surface area contributed by atoms with E-state index in [1.165, 1.54) is 0 Å². The first-order valence-electron chi connectivity index (χ1n) is 8.69. The summed E-state index contributed by atoms with van der Waals surface area (Å²) in [6, 6.07) is 22.4. The van der Waals surface area contributed by atoms with Crippen molar-refractivity contribution in [2.24, 2.45) is 0 Å². The van der Waals surface area contributed by atoms with Gasteiger partial charge in [-0.05, 0) is 36.4 Å². The number of hydrogen-bond donors (Lipinski definition) is 2. The van der Waals surface area contributed by atoms with Gasteiger partial charge in [-0.1, -0.05) is 59.8 Å². The maximum Gasteiger partial charge on any atom is 1.00 e. The average molecular weight is 494 g/mol. The van der Waals surface area contributed by atoms with E-state index < -0.39 is 7.82 Å². The minimum absolute atomic E-state index is 0. The van der Waals surface area contributed by atoms with Crippen molar-refractivity contribution in [3.05, 3.63) is 94.0 Å². The van der Waals surface area contributed by atoms with Crippen molar-refractivity contribution in [1.29, 1.82) is 0 Å². The molecule has 0 radical (unpaired) electrons. The van der Waals surface area contributed by atoms with Crippen LogP contribution in [0.3, 0.4) is 0 Å². The number of thioether (sulfide) groups is 1. The monoisotopic (exact) mass is 493 g/mol. The molecule has 5 nitrogen and oxygen atoms in total. The standard InChI is InChI=1S/C21H17ClNO4PS.2Na.2H/c1-23-18-8-4-2-6-16(18)20(17-7-3-5-9-19(17)23)21(27-28(24,25)26)29-15-12-10-14(22)11-13-15;;;;/h2-13H,1H3,(H2,24,25,26);;;;/q;2*+1;2*-1. The van der Waals surface area contributed by atoms with Crippen LogP contribution in [0.25, 0.3) is 5.57 Å². The van der Waals surface area contributed by atoms with Gasteiger partial charge in [0.15, 0.2) is 5.09 Å². The summed E-state index contributed by atoms with van der Waals surface area (Å²) in [4.78, 5) is 22.0. The van der Waals surface area contributed by atoms with E-state index in [0.717, 1.165) is 39.2 Å². The van der Waals surface area contributed by atoms with E-state index in [0.29, 0.717) is 10.6 Å². The molecule has 31 heavy (non-hydrogen) atoms. The van der Waals surface area contributed by atoms with Crippen LogP contribution in [0.4, 0.5) is 11.4 Å². The van der Waals surface area contributed by atoms with Crippen LogP contribution in [-0.4, -0.2) is 16.8 Å². The largest absolute Gasteiger partial charge is 1.00 e. The van der Waals surface area contributed by atoms with Gasteiger partial charge in [0.05, 0.1) is 0 Å². The normalized spacial score (nSPS) is 12.1. The molecule has 0 atom stereocenters. The fourth-order valence-electron chi connectivity index (χ4n) is 3.28. The van der Waals surface area contributed by atoms with Crippen molar-refractivity contribution in [2.75, 3.05) is 11.9 Å². The van der Waals surface area contributed by atoms with E-state index in [1.54, 1.807) is 24.3 Å². The maximum atomic E-state index is 11.8. The number of phosphoric ester groups is 1. The fraction of sp³-hybridized carbons (Fsp3) is 0.0476. The van der Waals surface area contributed by atoms with Gasteiger partial charge in [0.1, 0.15) is 0 Å². The molecule has 1 heterocycles. The second-order valence-corrected chi connectivity index (χ2v) is 9.04. The fourth-order valence-corrected chi connectivity index (χ4v) is 4.96. The van der Waals surface area contributed by atoms with Crippen molar-refractivity contribution in [2.45, 2.75) is 4.90 Å². The number of halogens is 1. The zero-order valence-electron chi connectivity index (χ0n) is 19.3. The molecular formula is C21H19ClNNa2O4PS. The topological polar surface area (TPSA) is 70.0 Å². The third-order valence-electron chi connectivity index (χ3n) is 4.50. The van der Waals surface area contributed by atoms with Crippen LogP contribution in [0.1, 0.15) is 14.0 Å². The van der Waals surface area contributed by atoms with Crippen LogP contribution in [0.5, 0.6) is 0 Å². The predicted octanol–water partition coefficient (Wildman–Crippen LogP) is 0.273. The number of phosphoric acid groups is 1. The molecule has 1 aliphatic heterocycles. The molecule has 0 unspecified atom stereocenters. The molecule has 0 aliphatic carbocycles. The molecule has 1 aliphatic rings. The van der Waals surface area contributed by atoms with Gasteiger partial charge in [-0.15, -0.1) is 0 Å². The SMILES string of the molecule is CN1c2ccccc2C(=C(OP(=O)(O)O)Sc2ccc(Cl)cc2)c2ccccc21.[H-].[H-].[Na+].[Na+]. The first kappa shape index (κ1) is 27.0. The summed E-state index contributed by atoms with van der Waals surface area (Å²) in [5.41, 5.74) is 4.14. The number of para-hydroxylation sites is 2. The molecule has 0 amide bonds. The first-order valence-corrected chi connectivity index (χ1v) is 11.4. The van der Waals surface area contributed by atoms with E-state index >= 15 is 0 Å². The molecule has 152 valence electrons. The Balaban J connectivity index is 0.00000256. The second kappa shape index (κ2) is 11.3. The second-order valence-electron chi connectivity index (χ2n) is 6.39. The molecule has 4 rings (SSSR count). The van der Waals surface area contributed by atoms with E-state index in [-0.39, 0.29) is 67.1 Å². The summed E-state index contributed by atoms with van der Waals surface area (Å²) in [6.45, 7) is 0. The van der Waals surface area contributed by atoms with Gasteiger partial charge in [-0.25, -0.2) is 4.57 Å². The minimum atomic E-state index is -4.79.